The normalized spacial score (nSPS) is 21.2. The molecule has 1 aliphatic rings. The molecule has 0 aromatic heterocycles. The lowest BCUT2D eigenvalue weighted by Gasteiger charge is -2.37. The van der Waals surface area contributed by atoms with E-state index in [1.807, 2.05) is 6.92 Å². The molecule has 0 aromatic carbocycles. The summed E-state index contributed by atoms with van der Waals surface area (Å²) in [6, 6.07) is -0.188. The van der Waals surface area contributed by atoms with Crippen molar-refractivity contribution in [1.82, 2.24) is 5.32 Å². The fourth-order valence-electron chi connectivity index (χ4n) is 2.85. The van der Waals surface area contributed by atoms with Gasteiger partial charge >= 0.3 is 6.18 Å². The zero-order valence-electron chi connectivity index (χ0n) is 11.3. The zero-order chi connectivity index (χ0) is 13.6. The summed E-state index contributed by atoms with van der Waals surface area (Å²) in [4.78, 5) is 0. The van der Waals surface area contributed by atoms with Gasteiger partial charge in [0.2, 0.25) is 0 Å². The Labute approximate surface area is 107 Å². The molecule has 0 heterocycles. The Morgan fingerprint density at radius 3 is 2.33 bits per heavy atom. The molecular weight excluding hydrogens is 243 g/mol. The maximum atomic E-state index is 12.4. The van der Waals surface area contributed by atoms with E-state index in [2.05, 4.69) is 5.32 Å². The van der Waals surface area contributed by atoms with E-state index >= 15 is 0 Å². The van der Waals surface area contributed by atoms with Crippen molar-refractivity contribution in [1.29, 1.82) is 0 Å². The van der Waals surface area contributed by atoms with Gasteiger partial charge in [-0.2, -0.15) is 13.2 Å². The Hall–Kier alpha value is -0.290. The molecule has 108 valence electrons. The molecule has 0 bridgehead atoms. The molecule has 1 atom stereocenters. The summed E-state index contributed by atoms with van der Waals surface area (Å²) in [5, 5.41) is 3.25. The second-order valence-corrected chi connectivity index (χ2v) is 5.14. The van der Waals surface area contributed by atoms with E-state index in [4.69, 9.17) is 4.74 Å². The van der Waals surface area contributed by atoms with Crippen molar-refractivity contribution in [2.45, 2.75) is 69.7 Å². The van der Waals surface area contributed by atoms with E-state index < -0.39 is 12.6 Å². The van der Waals surface area contributed by atoms with Crippen LogP contribution in [0.15, 0.2) is 0 Å². The molecule has 1 saturated carbocycles. The highest BCUT2D eigenvalue weighted by atomic mass is 19.4. The summed E-state index contributed by atoms with van der Waals surface area (Å²) < 4.78 is 42.7. The molecule has 0 spiro atoms. The highest BCUT2D eigenvalue weighted by Gasteiger charge is 2.42. The lowest BCUT2D eigenvalue weighted by molar-refractivity contribution is -0.141. The zero-order valence-corrected chi connectivity index (χ0v) is 11.3. The molecule has 0 aliphatic heterocycles. The van der Waals surface area contributed by atoms with Crippen LogP contribution in [0.2, 0.25) is 0 Å². The SMILES string of the molecule is CCCNC(CCC(F)(F)F)C1(OC)CCCC1. The standard InChI is InChI=1S/C13H24F3NO/c1-3-10-17-11(6-9-13(14,15)16)12(18-2)7-4-5-8-12/h11,17H,3-10H2,1-2H3. The molecule has 18 heavy (non-hydrogen) atoms. The van der Waals surface area contributed by atoms with E-state index in [0.717, 1.165) is 38.6 Å². The van der Waals surface area contributed by atoms with E-state index in [1.165, 1.54) is 0 Å². The molecule has 1 fully saturated rings. The predicted octanol–water partition coefficient (Wildman–Crippen LogP) is 3.66. The Morgan fingerprint density at radius 2 is 1.89 bits per heavy atom. The average Bonchev–Trinajstić information content (AvgIpc) is 2.77. The molecule has 0 saturated heterocycles. The lowest BCUT2D eigenvalue weighted by atomic mass is 9.88. The summed E-state index contributed by atoms with van der Waals surface area (Å²) >= 11 is 0. The van der Waals surface area contributed by atoms with Gasteiger partial charge in [-0.25, -0.2) is 0 Å². The van der Waals surface area contributed by atoms with E-state index in [-0.39, 0.29) is 18.1 Å². The maximum Gasteiger partial charge on any atom is 0.389 e. The fourth-order valence-corrected chi connectivity index (χ4v) is 2.85. The van der Waals surface area contributed by atoms with Crippen LogP contribution >= 0.6 is 0 Å². The van der Waals surface area contributed by atoms with Gasteiger partial charge in [0.05, 0.1) is 5.60 Å². The fraction of sp³-hybridized carbons (Fsp3) is 1.00. The molecule has 0 radical (unpaired) electrons. The summed E-state index contributed by atoms with van der Waals surface area (Å²) in [5.74, 6) is 0. The molecule has 0 aromatic rings. The van der Waals surface area contributed by atoms with Crippen molar-refractivity contribution in [3.05, 3.63) is 0 Å². The Balaban J connectivity index is 2.63. The third-order valence-electron chi connectivity index (χ3n) is 3.85. The van der Waals surface area contributed by atoms with Gasteiger partial charge in [-0.15, -0.1) is 0 Å². The van der Waals surface area contributed by atoms with Gasteiger partial charge in [-0.05, 0) is 32.2 Å². The van der Waals surface area contributed by atoms with Gasteiger partial charge in [0, 0.05) is 19.6 Å². The van der Waals surface area contributed by atoms with Gasteiger partial charge in [0.15, 0.2) is 0 Å². The average molecular weight is 267 g/mol. The minimum absolute atomic E-state index is 0.108. The highest BCUT2D eigenvalue weighted by molar-refractivity contribution is 4.97. The minimum atomic E-state index is -4.08. The maximum absolute atomic E-state index is 12.4. The van der Waals surface area contributed by atoms with Crippen molar-refractivity contribution in [3.8, 4) is 0 Å². The minimum Gasteiger partial charge on any atom is -0.377 e. The molecular formula is C13H24F3NO. The number of nitrogens with one attached hydrogen (secondary N) is 1. The summed E-state index contributed by atoms with van der Waals surface area (Å²) in [6.45, 7) is 2.76. The first-order valence-corrected chi connectivity index (χ1v) is 6.79. The summed E-state index contributed by atoms with van der Waals surface area (Å²) in [6.07, 6.45) is 0.0264. The first kappa shape index (κ1) is 15.8. The molecule has 2 nitrogen and oxygen atoms in total. The van der Waals surface area contributed by atoms with Crippen LogP contribution in [-0.2, 0) is 4.74 Å². The van der Waals surface area contributed by atoms with Crippen LogP contribution in [0, 0.1) is 0 Å². The van der Waals surface area contributed by atoms with Crippen molar-refractivity contribution in [3.63, 3.8) is 0 Å². The number of halogens is 3. The highest BCUT2D eigenvalue weighted by Crippen LogP contribution is 2.38. The Bertz CT molecular complexity index is 237. The third-order valence-corrected chi connectivity index (χ3v) is 3.85. The van der Waals surface area contributed by atoms with Gasteiger partial charge in [0.1, 0.15) is 0 Å². The second kappa shape index (κ2) is 6.75. The number of hydrogen-bond acceptors (Lipinski definition) is 2. The Morgan fingerprint density at radius 1 is 1.28 bits per heavy atom. The van der Waals surface area contributed by atoms with Crippen molar-refractivity contribution in [2.75, 3.05) is 13.7 Å². The first-order chi connectivity index (χ1) is 8.43. The van der Waals surface area contributed by atoms with Crippen molar-refractivity contribution >= 4 is 0 Å². The van der Waals surface area contributed by atoms with Crippen LogP contribution in [-0.4, -0.2) is 31.5 Å². The van der Waals surface area contributed by atoms with Gasteiger partial charge < -0.3 is 10.1 Å². The van der Waals surface area contributed by atoms with Crippen LogP contribution in [0.1, 0.15) is 51.9 Å². The number of alkyl halides is 3. The van der Waals surface area contributed by atoms with Gasteiger partial charge in [-0.3, -0.25) is 0 Å². The summed E-state index contributed by atoms with van der Waals surface area (Å²) in [7, 11) is 1.62. The smallest absolute Gasteiger partial charge is 0.377 e. The molecule has 0 amide bonds. The topological polar surface area (TPSA) is 21.3 Å². The van der Waals surface area contributed by atoms with Crippen molar-refractivity contribution in [2.24, 2.45) is 0 Å². The Kier molecular flexibility index (Phi) is 5.92. The largest absolute Gasteiger partial charge is 0.389 e. The molecule has 1 aliphatic carbocycles. The van der Waals surface area contributed by atoms with Crippen LogP contribution in [0.3, 0.4) is 0 Å². The van der Waals surface area contributed by atoms with E-state index in [9.17, 15) is 13.2 Å². The summed E-state index contributed by atoms with van der Waals surface area (Å²) in [5.41, 5.74) is -0.388. The second-order valence-electron chi connectivity index (χ2n) is 5.14. The van der Waals surface area contributed by atoms with E-state index in [1.54, 1.807) is 7.11 Å². The van der Waals surface area contributed by atoms with Crippen LogP contribution in [0.4, 0.5) is 13.2 Å². The quantitative estimate of drug-likeness (QED) is 0.760. The number of methoxy groups -OCH3 is 1. The van der Waals surface area contributed by atoms with E-state index in [0.29, 0.717) is 0 Å². The van der Waals surface area contributed by atoms with Crippen LogP contribution in [0.5, 0.6) is 0 Å². The molecule has 1 N–H and O–H groups in total. The number of hydrogen-bond donors (Lipinski definition) is 1. The lowest BCUT2D eigenvalue weighted by Crippen LogP contribution is -2.51. The van der Waals surface area contributed by atoms with Gasteiger partial charge in [0.25, 0.3) is 0 Å². The van der Waals surface area contributed by atoms with Crippen molar-refractivity contribution < 1.29 is 17.9 Å². The molecule has 1 rings (SSSR count). The van der Waals surface area contributed by atoms with Gasteiger partial charge in [-0.1, -0.05) is 19.8 Å². The predicted molar refractivity (Wildman–Crippen MR) is 65.6 cm³/mol. The third kappa shape index (κ3) is 4.43. The number of ether oxygens (including phenoxy) is 1. The van der Waals surface area contributed by atoms with Crippen LogP contribution in [0.25, 0.3) is 0 Å². The monoisotopic (exact) mass is 267 g/mol. The molecule has 1 unspecified atom stereocenters. The first-order valence-electron chi connectivity index (χ1n) is 6.79. The molecule has 5 heteroatoms. The van der Waals surface area contributed by atoms with Crippen LogP contribution < -0.4 is 5.32 Å². The number of rotatable bonds is 7.